The zero-order valence-electron chi connectivity index (χ0n) is 14.3. The number of methoxy groups -OCH3 is 1. The summed E-state index contributed by atoms with van der Waals surface area (Å²) in [5.74, 6) is 2.57. The molecule has 1 aromatic carbocycles. The minimum atomic E-state index is -0.316. The zero-order valence-corrected chi connectivity index (χ0v) is 15.1. The molecule has 5 rings (SSSR count). The van der Waals surface area contributed by atoms with E-state index in [1.165, 1.54) is 45.6 Å². The fourth-order valence-electron chi connectivity index (χ4n) is 6.00. The lowest BCUT2D eigenvalue weighted by Gasteiger charge is -2.57. The van der Waals surface area contributed by atoms with Gasteiger partial charge in [-0.2, -0.15) is 0 Å². The van der Waals surface area contributed by atoms with Gasteiger partial charge in [-0.05, 0) is 79.4 Å². The molecule has 130 valence electrons. The number of benzene rings is 1. The maximum atomic E-state index is 12.0. The zero-order chi connectivity index (χ0) is 16.7. The van der Waals surface area contributed by atoms with Gasteiger partial charge in [0.05, 0.1) is 12.7 Å². The van der Waals surface area contributed by atoms with Crippen molar-refractivity contribution in [2.24, 2.45) is 23.2 Å². The Morgan fingerprint density at radius 3 is 2.42 bits per heavy atom. The maximum Gasteiger partial charge on any atom is 0.338 e. The molecule has 0 spiro atoms. The summed E-state index contributed by atoms with van der Waals surface area (Å²) >= 11 is 6.34. The summed E-state index contributed by atoms with van der Waals surface area (Å²) in [5.41, 5.74) is 1.92. The first-order valence-corrected chi connectivity index (χ1v) is 9.53. The van der Waals surface area contributed by atoms with Crippen molar-refractivity contribution in [1.29, 1.82) is 0 Å². The fraction of sp³-hybridized carbons (Fsp3) is 0.650. The number of carbonyl (C=O) groups excluding carboxylic acids is 1. The Balaban J connectivity index is 1.44. The lowest BCUT2D eigenvalue weighted by molar-refractivity contribution is -0.0514. The quantitative estimate of drug-likeness (QED) is 0.800. The Morgan fingerprint density at radius 1 is 1.21 bits per heavy atom. The number of halogens is 1. The Morgan fingerprint density at radius 2 is 1.83 bits per heavy atom. The second-order valence-electron chi connectivity index (χ2n) is 8.28. The predicted octanol–water partition coefficient (Wildman–Crippen LogP) is 4.43. The molecule has 4 saturated carbocycles. The van der Waals surface area contributed by atoms with Crippen molar-refractivity contribution in [3.63, 3.8) is 0 Å². The molecule has 24 heavy (non-hydrogen) atoms. The second kappa shape index (κ2) is 6.34. The van der Waals surface area contributed by atoms with E-state index >= 15 is 0 Å². The summed E-state index contributed by atoms with van der Waals surface area (Å²) in [7, 11) is 1.41. The van der Waals surface area contributed by atoms with Gasteiger partial charge in [0.25, 0.3) is 0 Å². The lowest BCUT2D eigenvalue weighted by Crippen LogP contribution is -2.50. The van der Waals surface area contributed by atoms with Crippen molar-refractivity contribution in [1.82, 2.24) is 5.32 Å². The fourth-order valence-corrected chi connectivity index (χ4v) is 6.24. The van der Waals surface area contributed by atoms with Crippen LogP contribution in [0.2, 0.25) is 5.02 Å². The molecule has 1 N–H and O–H groups in total. The molecule has 4 aliphatic rings. The molecule has 0 aromatic heterocycles. The predicted molar refractivity (Wildman–Crippen MR) is 95.1 cm³/mol. The molecule has 4 aliphatic carbocycles. The van der Waals surface area contributed by atoms with Gasteiger partial charge in [0.2, 0.25) is 0 Å². The Labute approximate surface area is 149 Å². The Kier molecular flexibility index (Phi) is 4.34. The first-order chi connectivity index (χ1) is 11.6. The smallest absolute Gasteiger partial charge is 0.338 e. The van der Waals surface area contributed by atoms with Gasteiger partial charge in [0, 0.05) is 18.1 Å². The maximum absolute atomic E-state index is 12.0. The van der Waals surface area contributed by atoms with E-state index in [4.69, 9.17) is 16.3 Å². The standard InChI is InChI=1S/C20H26ClNO2/c1-24-19(23)16-3-2-4-18(21)17(16)11-22-12-20-8-13-5-14(9-20)7-15(6-13)10-20/h2-4,13-15,22H,5-12H2,1H3. The summed E-state index contributed by atoms with van der Waals surface area (Å²) in [4.78, 5) is 12.0. The Bertz CT molecular complexity index is 607. The highest BCUT2D eigenvalue weighted by Crippen LogP contribution is 2.59. The van der Waals surface area contributed by atoms with Crippen molar-refractivity contribution < 1.29 is 9.53 Å². The molecule has 4 fully saturated rings. The number of hydrogen-bond donors (Lipinski definition) is 1. The lowest BCUT2D eigenvalue weighted by atomic mass is 9.49. The van der Waals surface area contributed by atoms with E-state index in [0.29, 0.717) is 22.5 Å². The molecule has 0 saturated heterocycles. The molecule has 0 unspecified atom stereocenters. The van der Waals surface area contributed by atoms with Gasteiger partial charge in [0.1, 0.15) is 0 Å². The van der Waals surface area contributed by atoms with E-state index in [2.05, 4.69) is 5.32 Å². The van der Waals surface area contributed by atoms with Crippen molar-refractivity contribution in [3.8, 4) is 0 Å². The minimum absolute atomic E-state index is 0.316. The van der Waals surface area contributed by atoms with E-state index in [9.17, 15) is 4.79 Å². The van der Waals surface area contributed by atoms with Gasteiger partial charge in [-0.25, -0.2) is 4.79 Å². The van der Waals surface area contributed by atoms with Crippen LogP contribution in [0.1, 0.15) is 54.4 Å². The molecule has 4 heteroatoms. The molecule has 4 bridgehead atoms. The van der Waals surface area contributed by atoms with Crippen LogP contribution in [0, 0.1) is 23.2 Å². The van der Waals surface area contributed by atoms with Gasteiger partial charge in [-0.3, -0.25) is 0 Å². The third-order valence-electron chi connectivity index (χ3n) is 6.49. The molecule has 0 heterocycles. The van der Waals surface area contributed by atoms with Crippen molar-refractivity contribution in [3.05, 3.63) is 34.3 Å². The summed E-state index contributed by atoms with van der Waals surface area (Å²) in [6, 6.07) is 5.44. The number of carbonyl (C=O) groups is 1. The second-order valence-corrected chi connectivity index (χ2v) is 8.69. The first kappa shape index (κ1) is 16.4. The van der Waals surface area contributed by atoms with Crippen LogP contribution < -0.4 is 5.32 Å². The molecular formula is C20H26ClNO2. The minimum Gasteiger partial charge on any atom is -0.465 e. The molecule has 0 atom stereocenters. The van der Waals surface area contributed by atoms with Crippen LogP contribution in [0.25, 0.3) is 0 Å². The summed E-state index contributed by atoms with van der Waals surface area (Å²) < 4.78 is 4.89. The highest BCUT2D eigenvalue weighted by Gasteiger charge is 2.50. The largest absolute Gasteiger partial charge is 0.465 e. The molecule has 1 aromatic rings. The third-order valence-corrected chi connectivity index (χ3v) is 6.85. The van der Waals surface area contributed by atoms with Crippen LogP contribution in [0.5, 0.6) is 0 Å². The van der Waals surface area contributed by atoms with Crippen molar-refractivity contribution in [2.75, 3.05) is 13.7 Å². The first-order valence-electron chi connectivity index (χ1n) is 9.15. The number of nitrogens with one attached hydrogen (secondary N) is 1. The van der Waals surface area contributed by atoms with Crippen LogP contribution in [0.3, 0.4) is 0 Å². The van der Waals surface area contributed by atoms with Gasteiger partial charge in [-0.15, -0.1) is 0 Å². The van der Waals surface area contributed by atoms with Crippen LogP contribution >= 0.6 is 11.6 Å². The van der Waals surface area contributed by atoms with Gasteiger partial charge in [0.15, 0.2) is 0 Å². The summed E-state index contributed by atoms with van der Waals surface area (Å²) in [5, 5.41) is 4.26. The van der Waals surface area contributed by atoms with E-state index in [-0.39, 0.29) is 5.97 Å². The number of esters is 1. The molecular weight excluding hydrogens is 322 g/mol. The van der Waals surface area contributed by atoms with E-state index in [1.807, 2.05) is 6.07 Å². The monoisotopic (exact) mass is 347 g/mol. The normalized spacial score (nSPS) is 33.7. The average molecular weight is 348 g/mol. The van der Waals surface area contributed by atoms with Crippen LogP contribution in [-0.2, 0) is 11.3 Å². The topological polar surface area (TPSA) is 38.3 Å². The Hall–Kier alpha value is -1.06. The number of rotatable bonds is 5. The van der Waals surface area contributed by atoms with Crippen molar-refractivity contribution >= 4 is 17.6 Å². The van der Waals surface area contributed by atoms with Crippen LogP contribution in [0.4, 0.5) is 0 Å². The van der Waals surface area contributed by atoms with Gasteiger partial charge >= 0.3 is 5.97 Å². The van der Waals surface area contributed by atoms with Gasteiger partial charge in [-0.1, -0.05) is 17.7 Å². The molecule has 0 aliphatic heterocycles. The SMILES string of the molecule is COC(=O)c1cccc(Cl)c1CNCC12CC3CC(CC(C3)C1)C2. The number of hydrogen-bond acceptors (Lipinski definition) is 3. The van der Waals surface area contributed by atoms with Crippen LogP contribution in [-0.4, -0.2) is 19.6 Å². The van der Waals surface area contributed by atoms with E-state index in [0.717, 1.165) is 29.9 Å². The average Bonchev–Trinajstić information content (AvgIpc) is 2.54. The molecule has 3 nitrogen and oxygen atoms in total. The third kappa shape index (κ3) is 2.97. The number of ether oxygens (including phenoxy) is 1. The van der Waals surface area contributed by atoms with E-state index < -0.39 is 0 Å². The van der Waals surface area contributed by atoms with E-state index in [1.54, 1.807) is 12.1 Å². The van der Waals surface area contributed by atoms with Crippen LogP contribution in [0.15, 0.2) is 18.2 Å². The van der Waals surface area contributed by atoms with Crippen molar-refractivity contribution in [2.45, 2.75) is 45.1 Å². The summed E-state index contributed by atoms with van der Waals surface area (Å²) in [6.07, 6.45) is 8.57. The highest BCUT2D eigenvalue weighted by molar-refractivity contribution is 6.31. The molecule has 0 amide bonds. The summed E-state index contributed by atoms with van der Waals surface area (Å²) in [6.45, 7) is 1.67. The highest BCUT2D eigenvalue weighted by atomic mass is 35.5. The van der Waals surface area contributed by atoms with Gasteiger partial charge < -0.3 is 10.1 Å². The molecule has 0 radical (unpaired) electrons.